The number of aromatic nitrogens is 5. The standard InChI is InChI=1S/C13H12N6/c1-8(10-7-15-13(14)17-9(10)2)11-4-6-19-12(18-11)3-5-16-19/h3-7H,1H2,2H3,(H2,14,15,17). The lowest BCUT2D eigenvalue weighted by molar-refractivity contribution is 0.935. The topological polar surface area (TPSA) is 82.0 Å². The molecular weight excluding hydrogens is 240 g/mol. The third-order valence-corrected chi connectivity index (χ3v) is 2.89. The number of hydrogen-bond acceptors (Lipinski definition) is 5. The second-order valence-corrected chi connectivity index (χ2v) is 4.15. The Labute approximate surface area is 109 Å². The lowest BCUT2D eigenvalue weighted by Gasteiger charge is -2.08. The maximum absolute atomic E-state index is 5.55. The molecule has 0 aliphatic heterocycles. The van der Waals surface area contributed by atoms with E-state index >= 15 is 0 Å². The monoisotopic (exact) mass is 252 g/mol. The molecule has 94 valence electrons. The number of nitrogens with two attached hydrogens (primary N) is 1. The number of anilines is 1. The summed E-state index contributed by atoms with van der Waals surface area (Å²) in [6.45, 7) is 5.93. The van der Waals surface area contributed by atoms with Gasteiger partial charge in [-0.3, -0.25) is 0 Å². The van der Waals surface area contributed by atoms with E-state index < -0.39 is 0 Å². The first-order chi connectivity index (χ1) is 9.15. The van der Waals surface area contributed by atoms with Crippen LogP contribution in [0.4, 0.5) is 5.95 Å². The Kier molecular flexibility index (Phi) is 2.49. The van der Waals surface area contributed by atoms with Crippen LogP contribution < -0.4 is 5.73 Å². The van der Waals surface area contributed by atoms with E-state index in [0.717, 1.165) is 28.2 Å². The second-order valence-electron chi connectivity index (χ2n) is 4.15. The molecule has 0 atom stereocenters. The first-order valence-corrected chi connectivity index (χ1v) is 5.74. The SMILES string of the molecule is C=C(c1ccn2nccc2n1)c1cnc(N)nc1C. The maximum Gasteiger partial charge on any atom is 0.220 e. The van der Waals surface area contributed by atoms with Gasteiger partial charge in [0.25, 0.3) is 0 Å². The quantitative estimate of drug-likeness (QED) is 0.746. The van der Waals surface area contributed by atoms with Crippen LogP contribution in [-0.2, 0) is 0 Å². The second kappa shape index (κ2) is 4.16. The van der Waals surface area contributed by atoms with Gasteiger partial charge in [-0.2, -0.15) is 5.10 Å². The van der Waals surface area contributed by atoms with Gasteiger partial charge in [0.15, 0.2) is 5.65 Å². The van der Waals surface area contributed by atoms with E-state index in [2.05, 4.69) is 26.6 Å². The van der Waals surface area contributed by atoms with Crippen molar-refractivity contribution in [1.82, 2.24) is 24.6 Å². The molecule has 3 aromatic rings. The van der Waals surface area contributed by atoms with Gasteiger partial charge in [-0.05, 0) is 13.0 Å². The molecule has 0 unspecified atom stereocenters. The van der Waals surface area contributed by atoms with Crippen molar-refractivity contribution in [3.05, 3.63) is 54.3 Å². The van der Waals surface area contributed by atoms with Gasteiger partial charge in [-0.25, -0.2) is 19.5 Å². The zero-order valence-electron chi connectivity index (χ0n) is 10.4. The summed E-state index contributed by atoms with van der Waals surface area (Å²) in [5.74, 6) is 0.258. The van der Waals surface area contributed by atoms with Crippen LogP contribution in [0, 0.1) is 6.92 Å². The molecule has 2 N–H and O–H groups in total. The summed E-state index contributed by atoms with van der Waals surface area (Å²) in [6.07, 6.45) is 5.21. The van der Waals surface area contributed by atoms with Crippen LogP contribution in [0.5, 0.6) is 0 Å². The molecule has 0 amide bonds. The molecule has 6 heteroatoms. The lowest BCUT2D eigenvalue weighted by atomic mass is 10.1. The van der Waals surface area contributed by atoms with E-state index in [4.69, 9.17) is 5.73 Å². The average Bonchev–Trinajstić information content (AvgIpc) is 2.85. The van der Waals surface area contributed by atoms with E-state index in [1.807, 2.05) is 25.3 Å². The molecule has 3 heterocycles. The van der Waals surface area contributed by atoms with Crippen molar-refractivity contribution in [2.24, 2.45) is 0 Å². The van der Waals surface area contributed by atoms with Gasteiger partial charge >= 0.3 is 0 Å². The van der Waals surface area contributed by atoms with Gasteiger partial charge in [-0.1, -0.05) is 6.58 Å². The molecule has 19 heavy (non-hydrogen) atoms. The smallest absolute Gasteiger partial charge is 0.220 e. The molecule has 0 radical (unpaired) electrons. The van der Waals surface area contributed by atoms with Gasteiger partial charge in [0, 0.05) is 29.6 Å². The highest BCUT2D eigenvalue weighted by Gasteiger charge is 2.10. The minimum Gasteiger partial charge on any atom is -0.368 e. The van der Waals surface area contributed by atoms with E-state index in [0.29, 0.717) is 0 Å². The van der Waals surface area contributed by atoms with Crippen LogP contribution in [0.3, 0.4) is 0 Å². The molecule has 0 aliphatic rings. The molecule has 0 aliphatic carbocycles. The zero-order chi connectivity index (χ0) is 13.4. The van der Waals surface area contributed by atoms with E-state index in [1.54, 1.807) is 16.9 Å². The van der Waals surface area contributed by atoms with Crippen LogP contribution in [0.25, 0.3) is 11.2 Å². The minimum absolute atomic E-state index is 0.258. The average molecular weight is 252 g/mol. The summed E-state index contributed by atoms with van der Waals surface area (Å²) in [6, 6.07) is 3.70. The third kappa shape index (κ3) is 1.93. The fourth-order valence-electron chi connectivity index (χ4n) is 1.90. The summed E-state index contributed by atoms with van der Waals surface area (Å²) >= 11 is 0. The molecular formula is C13H12N6. The van der Waals surface area contributed by atoms with E-state index in [1.165, 1.54) is 0 Å². The van der Waals surface area contributed by atoms with Crippen molar-refractivity contribution in [2.75, 3.05) is 5.73 Å². The third-order valence-electron chi connectivity index (χ3n) is 2.89. The maximum atomic E-state index is 5.55. The molecule has 0 fully saturated rings. The Bertz CT molecular complexity index is 774. The Morgan fingerprint density at radius 3 is 2.95 bits per heavy atom. The number of nitrogen functional groups attached to an aromatic ring is 1. The van der Waals surface area contributed by atoms with Crippen molar-refractivity contribution in [2.45, 2.75) is 6.92 Å². The highest BCUT2D eigenvalue weighted by atomic mass is 15.2. The van der Waals surface area contributed by atoms with Crippen molar-refractivity contribution in [3.8, 4) is 0 Å². The van der Waals surface area contributed by atoms with Crippen LogP contribution in [0.1, 0.15) is 17.0 Å². The number of fused-ring (bicyclic) bond motifs is 1. The fraction of sp³-hybridized carbons (Fsp3) is 0.0769. The van der Waals surface area contributed by atoms with Gasteiger partial charge in [0.05, 0.1) is 17.6 Å². The Morgan fingerprint density at radius 2 is 2.16 bits per heavy atom. The Hall–Kier alpha value is -2.76. The van der Waals surface area contributed by atoms with Crippen LogP contribution in [0.15, 0.2) is 37.3 Å². The van der Waals surface area contributed by atoms with Gasteiger partial charge < -0.3 is 5.73 Å². The number of hydrogen-bond donors (Lipinski definition) is 1. The van der Waals surface area contributed by atoms with Crippen molar-refractivity contribution >= 4 is 17.2 Å². The molecule has 0 aromatic carbocycles. The van der Waals surface area contributed by atoms with Crippen molar-refractivity contribution in [1.29, 1.82) is 0 Å². The van der Waals surface area contributed by atoms with Gasteiger partial charge in [-0.15, -0.1) is 0 Å². The number of nitrogens with zero attached hydrogens (tertiary/aromatic N) is 5. The molecule has 0 bridgehead atoms. The molecule has 3 aromatic heterocycles. The van der Waals surface area contributed by atoms with Gasteiger partial charge in [0.1, 0.15) is 0 Å². The highest BCUT2D eigenvalue weighted by molar-refractivity contribution is 5.77. The predicted octanol–water partition coefficient (Wildman–Crippen LogP) is 1.47. The van der Waals surface area contributed by atoms with Crippen LogP contribution >= 0.6 is 0 Å². The van der Waals surface area contributed by atoms with E-state index in [-0.39, 0.29) is 5.95 Å². The summed E-state index contributed by atoms with van der Waals surface area (Å²) in [4.78, 5) is 12.6. The largest absolute Gasteiger partial charge is 0.368 e. The van der Waals surface area contributed by atoms with Crippen LogP contribution in [-0.4, -0.2) is 24.6 Å². The zero-order valence-corrected chi connectivity index (χ0v) is 10.4. The van der Waals surface area contributed by atoms with Crippen molar-refractivity contribution < 1.29 is 0 Å². The normalized spacial score (nSPS) is 10.8. The molecule has 3 rings (SSSR count). The summed E-state index contributed by atoms with van der Waals surface area (Å²) in [7, 11) is 0. The molecule has 0 saturated carbocycles. The molecule has 0 spiro atoms. The first kappa shape index (κ1) is 11.3. The Balaban J connectivity index is 2.07. The van der Waals surface area contributed by atoms with E-state index in [9.17, 15) is 0 Å². The predicted molar refractivity (Wildman–Crippen MR) is 72.3 cm³/mol. The summed E-state index contributed by atoms with van der Waals surface area (Å²) in [5.41, 5.74) is 9.48. The Morgan fingerprint density at radius 1 is 1.32 bits per heavy atom. The molecule has 6 nitrogen and oxygen atoms in total. The first-order valence-electron chi connectivity index (χ1n) is 5.74. The summed E-state index contributed by atoms with van der Waals surface area (Å²) in [5, 5.41) is 4.10. The fourth-order valence-corrected chi connectivity index (χ4v) is 1.90. The van der Waals surface area contributed by atoms with Gasteiger partial charge in [0.2, 0.25) is 5.95 Å². The number of aryl methyl sites for hydroxylation is 1. The number of rotatable bonds is 2. The molecule has 0 saturated heterocycles. The lowest BCUT2D eigenvalue weighted by Crippen LogP contribution is -2.02. The van der Waals surface area contributed by atoms with Crippen LogP contribution in [0.2, 0.25) is 0 Å². The van der Waals surface area contributed by atoms with Crippen molar-refractivity contribution in [3.63, 3.8) is 0 Å². The highest BCUT2D eigenvalue weighted by Crippen LogP contribution is 2.22. The minimum atomic E-state index is 0.258. The summed E-state index contributed by atoms with van der Waals surface area (Å²) < 4.78 is 1.70.